The van der Waals surface area contributed by atoms with E-state index in [4.69, 9.17) is 19.0 Å². The van der Waals surface area contributed by atoms with Gasteiger partial charge in [-0.15, -0.1) is 0 Å². The van der Waals surface area contributed by atoms with Gasteiger partial charge >= 0.3 is 0 Å². The third-order valence-corrected chi connectivity index (χ3v) is 2.16. The van der Waals surface area contributed by atoms with Crippen molar-refractivity contribution in [2.24, 2.45) is 0 Å². The van der Waals surface area contributed by atoms with Gasteiger partial charge in [-0.3, -0.25) is 0 Å². The molecule has 0 atom stereocenters. The molecule has 1 aromatic heterocycles. The molecule has 4 nitrogen and oxygen atoms in total. The van der Waals surface area contributed by atoms with E-state index in [-0.39, 0.29) is 12.9 Å². The van der Waals surface area contributed by atoms with Gasteiger partial charge in [0.2, 0.25) is 0 Å². The molecule has 0 amide bonds. The molecular formula is C12H20O4. The molecule has 0 aliphatic carbocycles. The number of aliphatic hydroxyl groups is 1. The van der Waals surface area contributed by atoms with Crippen LogP contribution < -0.4 is 0 Å². The normalized spacial score (nSPS) is 11.2. The molecule has 0 aliphatic heterocycles. The van der Waals surface area contributed by atoms with E-state index < -0.39 is 0 Å². The molecule has 1 heterocycles. The summed E-state index contributed by atoms with van der Waals surface area (Å²) in [6.07, 6.45) is 2.76. The second kappa shape index (κ2) is 7.44. The second-order valence-corrected chi connectivity index (χ2v) is 3.42. The van der Waals surface area contributed by atoms with Crippen LogP contribution in [0.25, 0.3) is 0 Å². The zero-order valence-corrected chi connectivity index (χ0v) is 9.94. The summed E-state index contributed by atoms with van der Waals surface area (Å²) >= 11 is 0. The van der Waals surface area contributed by atoms with E-state index in [1.807, 2.05) is 19.9 Å². The van der Waals surface area contributed by atoms with Gasteiger partial charge < -0.3 is 19.0 Å². The number of furan rings is 1. The Hall–Kier alpha value is -0.840. The van der Waals surface area contributed by atoms with E-state index in [0.29, 0.717) is 19.6 Å². The van der Waals surface area contributed by atoms with Crippen molar-refractivity contribution in [1.82, 2.24) is 0 Å². The molecule has 1 rings (SSSR count). The number of hydrogen-bond donors (Lipinski definition) is 1. The number of aryl methyl sites for hydroxylation is 1. The second-order valence-electron chi connectivity index (χ2n) is 3.42. The molecule has 1 N–H and O–H groups in total. The highest BCUT2D eigenvalue weighted by atomic mass is 16.7. The third-order valence-electron chi connectivity index (χ3n) is 2.16. The van der Waals surface area contributed by atoms with E-state index in [1.165, 1.54) is 0 Å². The maximum absolute atomic E-state index is 8.72. The third kappa shape index (κ3) is 3.96. The van der Waals surface area contributed by atoms with Gasteiger partial charge in [-0.25, -0.2) is 0 Å². The van der Waals surface area contributed by atoms with Gasteiger partial charge in [0.25, 0.3) is 0 Å². The van der Waals surface area contributed by atoms with Gasteiger partial charge in [0, 0.05) is 31.8 Å². The van der Waals surface area contributed by atoms with Crippen molar-refractivity contribution in [1.29, 1.82) is 0 Å². The van der Waals surface area contributed by atoms with Crippen LogP contribution in [0.3, 0.4) is 0 Å². The first kappa shape index (κ1) is 13.2. The fourth-order valence-corrected chi connectivity index (χ4v) is 1.45. The smallest absolute Gasteiger partial charge is 0.186 e. The Bertz CT molecular complexity index is 276. The van der Waals surface area contributed by atoms with E-state index in [9.17, 15) is 0 Å². The van der Waals surface area contributed by atoms with Crippen LogP contribution in [0.5, 0.6) is 0 Å². The molecule has 0 bridgehead atoms. The predicted octanol–water partition coefficient (Wildman–Crippen LogP) is 2.28. The Labute approximate surface area is 96.2 Å². The van der Waals surface area contributed by atoms with Crippen molar-refractivity contribution in [3.05, 3.63) is 23.7 Å². The number of hydrogen-bond acceptors (Lipinski definition) is 4. The lowest BCUT2D eigenvalue weighted by molar-refractivity contribution is -0.140. The lowest BCUT2D eigenvalue weighted by Gasteiger charge is -2.14. The molecule has 0 aromatic carbocycles. The molecule has 0 aliphatic rings. The topological polar surface area (TPSA) is 51.8 Å². The van der Waals surface area contributed by atoms with Gasteiger partial charge in [-0.1, -0.05) is 0 Å². The lowest BCUT2D eigenvalue weighted by atomic mass is 10.2. The van der Waals surface area contributed by atoms with Crippen molar-refractivity contribution in [2.45, 2.75) is 33.0 Å². The molecule has 4 heteroatoms. The molecule has 0 spiro atoms. The summed E-state index contributed by atoms with van der Waals surface area (Å²) in [7, 11) is 0. The van der Waals surface area contributed by atoms with Crippen molar-refractivity contribution in [3.8, 4) is 0 Å². The van der Waals surface area contributed by atoms with Gasteiger partial charge in [0.1, 0.15) is 5.76 Å². The fourth-order valence-electron chi connectivity index (χ4n) is 1.45. The van der Waals surface area contributed by atoms with Crippen molar-refractivity contribution < 1.29 is 19.0 Å². The summed E-state index contributed by atoms with van der Waals surface area (Å²) in [5, 5.41) is 8.72. The van der Waals surface area contributed by atoms with E-state index in [2.05, 4.69) is 0 Å². The Morgan fingerprint density at radius 1 is 1.31 bits per heavy atom. The summed E-state index contributed by atoms with van der Waals surface area (Å²) < 4.78 is 16.3. The molecule has 92 valence electrons. The van der Waals surface area contributed by atoms with Crippen LogP contribution >= 0.6 is 0 Å². The fraction of sp³-hybridized carbons (Fsp3) is 0.667. The minimum atomic E-state index is -0.346. The van der Waals surface area contributed by atoms with Crippen LogP contribution in [0.1, 0.15) is 37.9 Å². The number of rotatable bonds is 8. The molecule has 16 heavy (non-hydrogen) atoms. The molecular weight excluding hydrogens is 208 g/mol. The molecule has 0 saturated carbocycles. The van der Waals surface area contributed by atoms with Crippen LogP contribution in [0, 0.1) is 0 Å². The average molecular weight is 228 g/mol. The zero-order chi connectivity index (χ0) is 11.8. The van der Waals surface area contributed by atoms with Crippen molar-refractivity contribution in [3.63, 3.8) is 0 Å². The average Bonchev–Trinajstić information content (AvgIpc) is 2.74. The van der Waals surface area contributed by atoms with Crippen molar-refractivity contribution >= 4 is 0 Å². The summed E-state index contributed by atoms with van der Waals surface area (Å²) in [6.45, 7) is 5.23. The Kier molecular flexibility index (Phi) is 6.15. The zero-order valence-electron chi connectivity index (χ0n) is 9.94. The van der Waals surface area contributed by atoms with Crippen LogP contribution in [-0.4, -0.2) is 24.9 Å². The van der Waals surface area contributed by atoms with Crippen LogP contribution in [-0.2, 0) is 15.9 Å². The minimum Gasteiger partial charge on any atom is -0.469 e. The Morgan fingerprint density at radius 3 is 2.56 bits per heavy atom. The predicted molar refractivity (Wildman–Crippen MR) is 60.1 cm³/mol. The molecule has 1 aromatic rings. The monoisotopic (exact) mass is 228 g/mol. The van der Waals surface area contributed by atoms with Crippen molar-refractivity contribution in [2.75, 3.05) is 19.8 Å². The summed E-state index contributed by atoms with van der Waals surface area (Å²) in [5.74, 6) is 0.855. The van der Waals surface area contributed by atoms with Crippen LogP contribution in [0.4, 0.5) is 0 Å². The van der Waals surface area contributed by atoms with Gasteiger partial charge in [-0.2, -0.15) is 0 Å². The van der Waals surface area contributed by atoms with E-state index in [0.717, 1.165) is 17.7 Å². The molecule has 0 saturated heterocycles. The Balaban J connectivity index is 2.58. The minimum absolute atomic E-state index is 0.177. The maximum Gasteiger partial charge on any atom is 0.186 e. The van der Waals surface area contributed by atoms with E-state index >= 15 is 0 Å². The summed E-state index contributed by atoms with van der Waals surface area (Å²) in [5.41, 5.74) is 0.900. The standard InChI is InChI=1S/C12H20O4/c1-3-14-12(15-4-2)10-8-11(16-9-10)6-5-7-13/h8-9,12-13H,3-7H2,1-2H3. The Morgan fingerprint density at radius 2 is 2.00 bits per heavy atom. The first-order chi connectivity index (χ1) is 7.81. The largest absolute Gasteiger partial charge is 0.469 e. The summed E-state index contributed by atoms with van der Waals surface area (Å²) in [4.78, 5) is 0. The molecule has 0 fully saturated rings. The molecule has 0 unspecified atom stereocenters. The van der Waals surface area contributed by atoms with Gasteiger partial charge in [-0.05, 0) is 26.3 Å². The van der Waals surface area contributed by atoms with Gasteiger partial charge in [0.15, 0.2) is 6.29 Å². The highest BCUT2D eigenvalue weighted by Crippen LogP contribution is 2.22. The SMILES string of the molecule is CCOC(OCC)c1coc(CCCO)c1. The molecule has 0 radical (unpaired) electrons. The summed E-state index contributed by atoms with van der Waals surface area (Å²) in [6, 6.07) is 1.92. The quantitative estimate of drug-likeness (QED) is 0.693. The maximum atomic E-state index is 8.72. The van der Waals surface area contributed by atoms with Gasteiger partial charge in [0.05, 0.1) is 6.26 Å². The van der Waals surface area contributed by atoms with Crippen LogP contribution in [0.15, 0.2) is 16.7 Å². The van der Waals surface area contributed by atoms with Crippen LogP contribution in [0.2, 0.25) is 0 Å². The first-order valence-electron chi connectivity index (χ1n) is 5.73. The lowest BCUT2D eigenvalue weighted by Crippen LogP contribution is -2.07. The highest BCUT2D eigenvalue weighted by molar-refractivity contribution is 5.14. The number of aliphatic hydroxyl groups excluding tert-OH is 1. The number of ether oxygens (including phenoxy) is 2. The van der Waals surface area contributed by atoms with E-state index in [1.54, 1.807) is 6.26 Å². The highest BCUT2D eigenvalue weighted by Gasteiger charge is 2.14. The first-order valence-corrected chi connectivity index (χ1v) is 5.73.